The van der Waals surface area contributed by atoms with Gasteiger partial charge in [0.1, 0.15) is 5.82 Å². The van der Waals surface area contributed by atoms with Gasteiger partial charge in [-0.25, -0.2) is 15.0 Å². The zero-order chi connectivity index (χ0) is 13.2. The molecule has 1 aromatic carbocycles. The second kappa shape index (κ2) is 4.68. The number of aromatic nitrogens is 4. The number of H-pyrrole nitrogens is 1. The van der Waals surface area contributed by atoms with E-state index in [9.17, 15) is 0 Å². The van der Waals surface area contributed by atoms with Gasteiger partial charge in [-0.1, -0.05) is 12.1 Å². The van der Waals surface area contributed by atoms with Gasteiger partial charge in [0, 0.05) is 11.9 Å². The van der Waals surface area contributed by atoms with Crippen LogP contribution in [0, 0.1) is 13.8 Å². The number of rotatable bonds is 3. The number of nitrogens with one attached hydrogen (secondary N) is 2. The highest BCUT2D eigenvalue weighted by Gasteiger charge is 2.05. The molecule has 0 unspecified atom stereocenters. The molecule has 0 amide bonds. The topological polar surface area (TPSA) is 66.5 Å². The first-order chi connectivity index (χ1) is 9.22. The molecule has 0 bridgehead atoms. The highest BCUT2D eigenvalue weighted by atomic mass is 15.1. The Morgan fingerprint density at radius 1 is 1.16 bits per heavy atom. The number of para-hydroxylation sites is 1. The maximum absolute atomic E-state index is 4.58. The lowest BCUT2D eigenvalue weighted by Gasteiger charge is -2.02. The predicted octanol–water partition coefficient (Wildman–Crippen LogP) is 2.58. The Bertz CT molecular complexity index is 717. The summed E-state index contributed by atoms with van der Waals surface area (Å²) in [6.07, 6.45) is 1.74. The molecule has 19 heavy (non-hydrogen) atoms. The lowest BCUT2D eigenvalue weighted by molar-refractivity contribution is 0.966. The summed E-state index contributed by atoms with van der Waals surface area (Å²) in [7, 11) is 0. The number of anilines is 1. The molecule has 3 rings (SSSR count). The third-order valence-corrected chi connectivity index (χ3v) is 2.97. The summed E-state index contributed by atoms with van der Waals surface area (Å²) in [5.41, 5.74) is 4.19. The van der Waals surface area contributed by atoms with Gasteiger partial charge in [-0.2, -0.15) is 0 Å². The molecule has 0 radical (unpaired) electrons. The van der Waals surface area contributed by atoms with Crippen LogP contribution in [0.4, 0.5) is 5.95 Å². The fourth-order valence-electron chi connectivity index (χ4n) is 2.01. The third-order valence-electron chi connectivity index (χ3n) is 2.97. The van der Waals surface area contributed by atoms with Gasteiger partial charge in [0.05, 0.1) is 17.6 Å². The minimum absolute atomic E-state index is 0.581. The predicted molar refractivity (Wildman–Crippen MR) is 74.9 cm³/mol. The Morgan fingerprint density at radius 3 is 2.84 bits per heavy atom. The van der Waals surface area contributed by atoms with Crippen molar-refractivity contribution in [2.45, 2.75) is 20.4 Å². The summed E-state index contributed by atoms with van der Waals surface area (Å²) < 4.78 is 0. The molecule has 5 nitrogen and oxygen atoms in total. The summed E-state index contributed by atoms with van der Waals surface area (Å²) in [4.78, 5) is 16.3. The summed E-state index contributed by atoms with van der Waals surface area (Å²) >= 11 is 0. The number of hydrogen-bond donors (Lipinski definition) is 2. The van der Waals surface area contributed by atoms with Crippen molar-refractivity contribution in [3.63, 3.8) is 0 Å². The maximum atomic E-state index is 4.58. The third kappa shape index (κ3) is 2.40. The first kappa shape index (κ1) is 11.6. The molecule has 0 aliphatic rings. The highest BCUT2D eigenvalue weighted by Crippen LogP contribution is 2.15. The molecule has 3 aromatic rings. The van der Waals surface area contributed by atoms with Gasteiger partial charge >= 0.3 is 0 Å². The highest BCUT2D eigenvalue weighted by molar-refractivity contribution is 5.78. The molecule has 0 saturated carbocycles. The number of nitrogens with zero attached hydrogens (tertiary/aromatic N) is 3. The summed E-state index contributed by atoms with van der Waals surface area (Å²) in [5, 5.41) is 3.17. The molecule has 0 spiro atoms. The molecular formula is C14H15N5. The first-order valence-corrected chi connectivity index (χ1v) is 6.20. The van der Waals surface area contributed by atoms with Crippen molar-refractivity contribution >= 4 is 17.0 Å². The lowest BCUT2D eigenvalue weighted by Crippen LogP contribution is -2.05. The van der Waals surface area contributed by atoms with E-state index in [0.717, 1.165) is 22.6 Å². The number of benzene rings is 1. The van der Waals surface area contributed by atoms with Crippen LogP contribution in [-0.2, 0) is 6.54 Å². The second-order valence-electron chi connectivity index (χ2n) is 4.53. The molecule has 2 N–H and O–H groups in total. The van der Waals surface area contributed by atoms with E-state index in [2.05, 4.69) is 38.2 Å². The average molecular weight is 253 g/mol. The van der Waals surface area contributed by atoms with E-state index < -0.39 is 0 Å². The van der Waals surface area contributed by atoms with E-state index in [1.54, 1.807) is 6.20 Å². The fraction of sp³-hybridized carbons (Fsp3) is 0.214. The van der Waals surface area contributed by atoms with Crippen molar-refractivity contribution in [1.29, 1.82) is 0 Å². The quantitative estimate of drug-likeness (QED) is 0.753. The molecule has 0 aliphatic heterocycles. The molecule has 0 saturated heterocycles. The van der Waals surface area contributed by atoms with Gasteiger partial charge in [0.2, 0.25) is 5.95 Å². The zero-order valence-electron chi connectivity index (χ0n) is 10.9. The van der Waals surface area contributed by atoms with Crippen LogP contribution in [0.15, 0.2) is 30.5 Å². The summed E-state index contributed by atoms with van der Waals surface area (Å²) in [6.45, 7) is 4.58. The molecule has 0 atom stereocenters. The summed E-state index contributed by atoms with van der Waals surface area (Å²) in [6, 6.07) is 7.98. The Labute approximate surface area is 111 Å². The van der Waals surface area contributed by atoms with E-state index in [1.807, 2.05) is 25.1 Å². The van der Waals surface area contributed by atoms with Crippen LogP contribution in [0.2, 0.25) is 0 Å². The standard InChI is InChI=1S/C14H15N5/c1-9-4-3-5-11-13(9)19-12(18-11)8-16-14-15-7-6-10(2)17-14/h3-7H,8H2,1-2H3,(H,18,19)(H,15,16,17). The van der Waals surface area contributed by atoms with E-state index in [-0.39, 0.29) is 0 Å². The number of imidazole rings is 1. The maximum Gasteiger partial charge on any atom is 0.223 e. The monoisotopic (exact) mass is 253 g/mol. The Hall–Kier alpha value is -2.43. The van der Waals surface area contributed by atoms with Gasteiger partial charge < -0.3 is 10.3 Å². The van der Waals surface area contributed by atoms with Crippen molar-refractivity contribution < 1.29 is 0 Å². The minimum atomic E-state index is 0.581. The van der Waals surface area contributed by atoms with Gasteiger partial charge in [0.25, 0.3) is 0 Å². The molecular weight excluding hydrogens is 238 g/mol. The largest absolute Gasteiger partial charge is 0.347 e. The average Bonchev–Trinajstić information content (AvgIpc) is 2.81. The van der Waals surface area contributed by atoms with Crippen molar-refractivity contribution in [3.8, 4) is 0 Å². The van der Waals surface area contributed by atoms with Crippen molar-refractivity contribution in [2.24, 2.45) is 0 Å². The smallest absolute Gasteiger partial charge is 0.223 e. The molecule has 0 aliphatic carbocycles. The van der Waals surface area contributed by atoms with Gasteiger partial charge in [0.15, 0.2) is 0 Å². The van der Waals surface area contributed by atoms with Crippen LogP contribution in [0.1, 0.15) is 17.1 Å². The van der Waals surface area contributed by atoms with Crippen LogP contribution in [0.25, 0.3) is 11.0 Å². The normalized spacial score (nSPS) is 10.8. The van der Waals surface area contributed by atoms with Crippen molar-refractivity contribution in [2.75, 3.05) is 5.32 Å². The van der Waals surface area contributed by atoms with Crippen molar-refractivity contribution in [3.05, 3.63) is 47.5 Å². The number of aromatic amines is 1. The Balaban J connectivity index is 1.80. The van der Waals surface area contributed by atoms with E-state index >= 15 is 0 Å². The van der Waals surface area contributed by atoms with Crippen LogP contribution in [0.3, 0.4) is 0 Å². The number of fused-ring (bicyclic) bond motifs is 1. The summed E-state index contributed by atoms with van der Waals surface area (Å²) in [5.74, 6) is 1.51. The second-order valence-corrected chi connectivity index (χ2v) is 4.53. The van der Waals surface area contributed by atoms with Crippen LogP contribution >= 0.6 is 0 Å². The van der Waals surface area contributed by atoms with E-state index in [0.29, 0.717) is 12.5 Å². The minimum Gasteiger partial charge on any atom is -0.347 e. The van der Waals surface area contributed by atoms with Gasteiger partial charge in [-0.15, -0.1) is 0 Å². The Morgan fingerprint density at radius 2 is 2.05 bits per heavy atom. The van der Waals surface area contributed by atoms with E-state index in [4.69, 9.17) is 0 Å². The molecule has 5 heteroatoms. The van der Waals surface area contributed by atoms with Crippen LogP contribution < -0.4 is 5.32 Å². The lowest BCUT2D eigenvalue weighted by atomic mass is 10.2. The number of aryl methyl sites for hydroxylation is 2. The van der Waals surface area contributed by atoms with Crippen LogP contribution in [0.5, 0.6) is 0 Å². The molecule has 2 aromatic heterocycles. The first-order valence-electron chi connectivity index (χ1n) is 6.20. The number of hydrogen-bond acceptors (Lipinski definition) is 4. The van der Waals surface area contributed by atoms with Crippen LogP contribution in [-0.4, -0.2) is 19.9 Å². The van der Waals surface area contributed by atoms with E-state index in [1.165, 1.54) is 5.56 Å². The van der Waals surface area contributed by atoms with Gasteiger partial charge in [-0.05, 0) is 31.5 Å². The van der Waals surface area contributed by atoms with Crippen molar-refractivity contribution in [1.82, 2.24) is 19.9 Å². The molecule has 2 heterocycles. The SMILES string of the molecule is Cc1ccnc(NCc2nc3c(C)cccc3[nH]2)n1. The zero-order valence-corrected chi connectivity index (χ0v) is 10.9. The Kier molecular flexibility index (Phi) is 2.87. The molecule has 0 fully saturated rings. The van der Waals surface area contributed by atoms with Gasteiger partial charge in [-0.3, -0.25) is 0 Å². The fourth-order valence-corrected chi connectivity index (χ4v) is 2.01. The molecule has 96 valence electrons.